The van der Waals surface area contributed by atoms with Crippen molar-refractivity contribution in [1.29, 1.82) is 0 Å². The standard InChI is InChI=1S/C21H15Cl2NO/c22-17-10-12-18(13-11-17)24-21(25)19(15-6-2-1-3-7-15)14-16-8-4-5-9-20(16)23/h1-14H,(H,24,25)/b19-14+. The minimum atomic E-state index is -0.214. The van der Waals surface area contributed by atoms with Gasteiger partial charge in [0.2, 0.25) is 0 Å². The zero-order valence-corrected chi connectivity index (χ0v) is 14.8. The van der Waals surface area contributed by atoms with Crippen molar-refractivity contribution in [2.45, 2.75) is 0 Å². The molecule has 0 atom stereocenters. The van der Waals surface area contributed by atoms with Crippen LogP contribution in [0.2, 0.25) is 10.0 Å². The Hall–Kier alpha value is -2.55. The van der Waals surface area contributed by atoms with Crippen molar-refractivity contribution in [3.05, 3.63) is 100 Å². The summed E-state index contributed by atoms with van der Waals surface area (Å²) in [5.41, 5.74) is 2.81. The number of rotatable bonds is 4. The lowest BCUT2D eigenvalue weighted by molar-refractivity contribution is -0.111. The smallest absolute Gasteiger partial charge is 0.256 e. The first kappa shape index (κ1) is 17.3. The van der Waals surface area contributed by atoms with E-state index in [1.54, 1.807) is 36.4 Å². The second kappa shape index (κ2) is 8.02. The zero-order chi connectivity index (χ0) is 17.6. The van der Waals surface area contributed by atoms with E-state index in [9.17, 15) is 4.79 Å². The zero-order valence-electron chi connectivity index (χ0n) is 13.2. The summed E-state index contributed by atoms with van der Waals surface area (Å²) < 4.78 is 0. The molecule has 0 aromatic heterocycles. The molecule has 0 aliphatic carbocycles. The molecule has 0 bridgehead atoms. The van der Waals surface area contributed by atoms with E-state index in [0.29, 0.717) is 21.3 Å². The lowest BCUT2D eigenvalue weighted by Crippen LogP contribution is -2.13. The van der Waals surface area contributed by atoms with Gasteiger partial charge in [-0.15, -0.1) is 0 Å². The highest BCUT2D eigenvalue weighted by molar-refractivity contribution is 6.34. The molecule has 25 heavy (non-hydrogen) atoms. The average molecular weight is 368 g/mol. The van der Waals surface area contributed by atoms with Crippen LogP contribution in [-0.4, -0.2) is 5.91 Å². The molecule has 124 valence electrons. The number of hydrogen-bond acceptors (Lipinski definition) is 1. The molecular formula is C21H15Cl2NO. The molecule has 0 aliphatic rings. The first-order valence-corrected chi connectivity index (χ1v) is 8.47. The number of carbonyl (C=O) groups excluding carboxylic acids is 1. The Bertz CT molecular complexity index is 903. The maximum absolute atomic E-state index is 12.9. The van der Waals surface area contributed by atoms with Crippen LogP contribution in [0.3, 0.4) is 0 Å². The highest BCUT2D eigenvalue weighted by Crippen LogP contribution is 2.24. The monoisotopic (exact) mass is 367 g/mol. The van der Waals surface area contributed by atoms with Crippen molar-refractivity contribution in [2.24, 2.45) is 0 Å². The van der Waals surface area contributed by atoms with Crippen molar-refractivity contribution >= 4 is 46.4 Å². The van der Waals surface area contributed by atoms with Crippen molar-refractivity contribution < 1.29 is 4.79 Å². The summed E-state index contributed by atoms with van der Waals surface area (Å²) in [5.74, 6) is -0.214. The summed E-state index contributed by atoms with van der Waals surface area (Å²) in [4.78, 5) is 12.9. The van der Waals surface area contributed by atoms with E-state index < -0.39 is 0 Å². The number of hydrogen-bond donors (Lipinski definition) is 1. The summed E-state index contributed by atoms with van der Waals surface area (Å²) >= 11 is 12.1. The number of benzene rings is 3. The van der Waals surface area contributed by atoms with Gasteiger partial charge in [0.15, 0.2) is 0 Å². The number of amides is 1. The molecule has 1 N–H and O–H groups in total. The third kappa shape index (κ3) is 4.50. The van der Waals surface area contributed by atoms with E-state index in [4.69, 9.17) is 23.2 Å². The molecule has 0 saturated carbocycles. The van der Waals surface area contributed by atoms with Gasteiger partial charge in [-0.1, -0.05) is 71.7 Å². The molecule has 0 unspecified atom stereocenters. The summed E-state index contributed by atoms with van der Waals surface area (Å²) in [6.45, 7) is 0. The molecule has 0 heterocycles. The van der Waals surface area contributed by atoms with Crippen molar-refractivity contribution in [2.75, 3.05) is 5.32 Å². The molecule has 3 aromatic rings. The van der Waals surface area contributed by atoms with Gasteiger partial charge >= 0.3 is 0 Å². The molecule has 0 fully saturated rings. The Kier molecular flexibility index (Phi) is 5.54. The molecule has 0 radical (unpaired) electrons. The van der Waals surface area contributed by atoms with Gasteiger partial charge in [0.25, 0.3) is 5.91 Å². The van der Waals surface area contributed by atoms with Gasteiger partial charge < -0.3 is 5.32 Å². The fourth-order valence-electron chi connectivity index (χ4n) is 2.38. The predicted molar refractivity (Wildman–Crippen MR) is 106 cm³/mol. The van der Waals surface area contributed by atoms with E-state index in [-0.39, 0.29) is 5.91 Å². The second-order valence-electron chi connectivity index (χ2n) is 5.41. The first-order chi connectivity index (χ1) is 12.1. The molecule has 0 aliphatic heterocycles. The van der Waals surface area contributed by atoms with Gasteiger partial charge in [0.05, 0.1) is 0 Å². The Morgan fingerprint density at radius 3 is 2.12 bits per heavy atom. The lowest BCUT2D eigenvalue weighted by atomic mass is 10.0. The highest BCUT2D eigenvalue weighted by atomic mass is 35.5. The van der Waals surface area contributed by atoms with Gasteiger partial charge in [-0.25, -0.2) is 0 Å². The Balaban J connectivity index is 1.98. The molecule has 3 aromatic carbocycles. The maximum Gasteiger partial charge on any atom is 0.256 e. The van der Waals surface area contributed by atoms with Gasteiger partial charge in [-0.2, -0.15) is 0 Å². The molecule has 0 spiro atoms. The minimum Gasteiger partial charge on any atom is -0.322 e. The van der Waals surface area contributed by atoms with Crippen LogP contribution in [0.5, 0.6) is 0 Å². The van der Waals surface area contributed by atoms with Crippen molar-refractivity contribution in [1.82, 2.24) is 0 Å². The molecule has 3 rings (SSSR count). The quantitative estimate of drug-likeness (QED) is 0.433. The molecule has 1 amide bonds. The van der Waals surface area contributed by atoms with Crippen LogP contribution in [0.4, 0.5) is 5.69 Å². The Labute approximate surface area is 156 Å². The highest BCUT2D eigenvalue weighted by Gasteiger charge is 2.13. The SMILES string of the molecule is O=C(Nc1ccc(Cl)cc1)/C(=C/c1ccccc1Cl)c1ccccc1. The van der Waals surface area contributed by atoms with Crippen LogP contribution < -0.4 is 5.32 Å². The van der Waals surface area contributed by atoms with Crippen LogP contribution in [0, 0.1) is 0 Å². The fraction of sp³-hybridized carbons (Fsp3) is 0. The predicted octanol–water partition coefficient (Wildman–Crippen LogP) is 6.17. The second-order valence-corrected chi connectivity index (χ2v) is 6.25. The van der Waals surface area contributed by atoms with Gasteiger partial charge in [-0.3, -0.25) is 4.79 Å². The van der Waals surface area contributed by atoms with Crippen LogP contribution in [0.1, 0.15) is 11.1 Å². The lowest BCUT2D eigenvalue weighted by Gasteiger charge is -2.10. The molecule has 0 saturated heterocycles. The Morgan fingerprint density at radius 1 is 0.800 bits per heavy atom. The van der Waals surface area contributed by atoms with Crippen LogP contribution >= 0.6 is 23.2 Å². The first-order valence-electron chi connectivity index (χ1n) is 7.72. The largest absolute Gasteiger partial charge is 0.322 e. The van der Waals surface area contributed by atoms with E-state index in [0.717, 1.165) is 11.1 Å². The van der Waals surface area contributed by atoms with Crippen LogP contribution in [0.25, 0.3) is 11.6 Å². The fourth-order valence-corrected chi connectivity index (χ4v) is 2.69. The summed E-state index contributed by atoms with van der Waals surface area (Å²) in [7, 11) is 0. The average Bonchev–Trinajstić information content (AvgIpc) is 2.63. The summed E-state index contributed by atoms with van der Waals surface area (Å²) in [6.07, 6.45) is 1.79. The third-order valence-electron chi connectivity index (χ3n) is 3.64. The Morgan fingerprint density at radius 2 is 1.44 bits per heavy atom. The number of carbonyl (C=O) groups is 1. The van der Waals surface area contributed by atoms with Crippen LogP contribution in [-0.2, 0) is 4.79 Å². The van der Waals surface area contributed by atoms with Crippen molar-refractivity contribution in [3.63, 3.8) is 0 Å². The van der Waals surface area contributed by atoms with Crippen LogP contribution in [0.15, 0.2) is 78.9 Å². The van der Waals surface area contributed by atoms with Gasteiger partial charge in [-0.05, 0) is 47.5 Å². The third-order valence-corrected chi connectivity index (χ3v) is 4.23. The van der Waals surface area contributed by atoms with Gasteiger partial charge in [0.1, 0.15) is 0 Å². The maximum atomic E-state index is 12.9. The molecule has 2 nitrogen and oxygen atoms in total. The van der Waals surface area contributed by atoms with E-state index >= 15 is 0 Å². The minimum absolute atomic E-state index is 0.214. The van der Waals surface area contributed by atoms with Crippen molar-refractivity contribution in [3.8, 4) is 0 Å². The summed E-state index contributed by atoms with van der Waals surface area (Å²) in [6, 6.07) is 23.9. The number of halogens is 2. The topological polar surface area (TPSA) is 29.1 Å². The number of nitrogens with one attached hydrogen (secondary N) is 1. The van der Waals surface area contributed by atoms with Gasteiger partial charge in [0, 0.05) is 21.3 Å². The molecule has 4 heteroatoms. The van der Waals surface area contributed by atoms with E-state index in [1.807, 2.05) is 48.5 Å². The molecular weight excluding hydrogens is 353 g/mol. The summed E-state index contributed by atoms with van der Waals surface area (Å²) in [5, 5.41) is 4.11. The normalized spacial score (nSPS) is 11.2. The van der Waals surface area contributed by atoms with E-state index in [2.05, 4.69) is 5.32 Å². The number of anilines is 1. The van der Waals surface area contributed by atoms with E-state index in [1.165, 1.54) is 0 Å².